The molecule has 1 aromatic carbocycles. The van der Waals surface area contributed by atoms with Crippen LogP contribution in [-0.2, 0) is 0 Å². The van der Waals surface area contributed by atoms with Crippen LogP contribution in [0.15, 0.2) is 40.9 Å². The predicted octanol–water partition coefficient (Wildman–Crippen LogP) is 2.88. The maximum Gasteiger partial charge on any atom is 0.261 e. The Morgan fingerprint density at radius 2 is 1.70 bits per heavy atom. The Kier molecular flexibility index (Phi) is 4.17. The minimum Gasteiger partial charge on any atom is -0.358 e. The molecule has 0 unspecified atom stereocenters. The van der Waals surface area contributed by atoms with Gasteiger partial charge in [0.2, 0.25) is 0 Å². The molecule has 118 valence electrons. The largest absolute Gasteiger partial charge is 0.358 e. The van der Waals surface area contributed by atoms with Gasteiger partial charge in [0.1, 0.15) is 5.82 Å². The Bertz CT molecular complexity index is 756. The van der Waals surface area contributed by atoms with Gasteiger partial charge in [-0.05, 0) is 47.1 Å². The van der Waals surface area contributed by atoms with Crippen molar-refractivity contribution in [2.75, 3.05) is 25.0 Å². The Morgan fingerprint density at radius 1 is 1.09 bits per heavy atom. The highest BCUT2D eigenvalue weighted by atomic mass is 79.9. The summed E-state index contributed by atoms with van der Waals surface area (Å²) in [6.07, 6.45) is 0. The molecular formula is C17H16BrN3O2. The van der Waals surface area contributed by atoms with E-state index in [4.69, 9.17) is 0 Å². The van der Waals surface area contributed by atoms with Crippen molar-refractivity contribution in [3.05, 3.63) is 57.7 Å². The number of carbonyl (C=O) groups is 2. The third kappa shape index (κ3) is 2.86. The van der Waals surface area contributed by atoms with Gasteiger partial charge in [0.15, 0.2) is 0 Å². The van der Waals surface area contributed by atoms with E-state index in [9.17, 15) is 9.59 Å². The molecule has 3 rings (SSSR count). The van der Waals surface area contributed by atoms with Gasteiger partial charge in [-0.25, -0.2) is 4.98 Å². The topological polar surface area (TPSA) is 53.5 Å². The molecule has 1 aromatic heterocycles. The van der Waals surface area contributed by atoms with Crippen molar-refractivity contribution in [3.63, 3.8) is 0 Å². The van der Waals surface area contributed by atoms with Crippen LogP contribution in [0.3, 0.4) is 0 Å². The highest BCUT2D eigenvalue weighted by molar-refractivity contribution is 9.10. The lowest BCUT2D eigenvalue weighted by atomic mass is 10.1. The molecule has 23 heavy (non-hydrogen) atoms. The molecule has 0 aliphatic carbocycles. The maximum absolute atomic E-state index is 12.3. The number of carbonyl (C=O) groups excluding carboxylic acids is 2. The van der Waals surface area contributed by atoms with Crippen LogP contribution in [0.1, 0.15) is 26.4 Å². The lowest BCUT2D eigenvalue weighted by Crippen LogP contribution is -2.37. The summed E-state index contributed by atoms with van der Waals surface area (Å²) < 4.78 is 0.954. The number of aromatic nitrogens is 1. The summed E-state index contributed by atoms with van der Waals surface area (Å²) in [7, 11) is 1.90. The third-order valence-electron chi connectivity index (χ3n) is 3.93. The van der Waals surface area contributed by atoms with Gasteiger partial charge < -0.3 is 4.90 Å². The molecule has 2 amide bonds. The first kappa shape index (κ1) is 15.7. The SMILES string of the molecule is Cc1nc(N(C)CCN2C(=O)c3ccccc3C2=O)ccc1Br. The summed E-state index contributed by atoms with van der Waals surface area (Å²) in [5.41, 5.74) is 1.87. The average Bonchev–Trinajstić information content (AvgIpc) is 2.80. The quantitative estimate of drug-likeness (QED) is 0.773. The van der Waals surface area contributed by atoms with Crippen LogP contribution in [-0.4, -0.2) is 41.8 Å². The van der Waals surface area contributed by atoms with Gasteiger partial charge in [-0.15, -0.1) is 0 Å². The smallest absolute Gasteiger partial charge is 0.261 e. The monoisotopic (exact) mass is 373 g/mol. The predicted molar refractivity (Wildman–Crippen MR) is 91.8 cm³/mol. The molecule has 0 bridgehead atoms. The van der Waals surface area contributed by atoms with Crippen LogP contribution in [0, 0.1) is 6.92 Å². The highest BCUT2D eigenvalue weighted by Gasteiger charge is 2.34. The summed E-state index contributed by atoms with van der Waals surface area (Å²) in [4.78, 5) is 32.4. The number of hydrogen-bond donors (Lipinski definition) is 0. The van der Waals surface area contributed by atoms with E-state index in [0.717, 1.165) is 16.0 Å². The van der Waals surface area contributed by atoms with Crippen molar-refractivity contribution in [3.8, 4) is 0 Å². The number of pyridine rings is 1. The van der Waals surface area contributed by atoms with E-state index >= 15 is 0 Å². The minimum absolute atomic E-state index is 0.223. The van der Waals surface area contributed by atoms with Gasteiger partial charge in [0, 0.05) is 24.6 Å². The Hall–Kier alpha value is -2.21. The molecule has 0 N–H and O–H groups in total. The average molecular weight is 374 g/mol. The fourth-order valence-corrected chi connectivity index (χ4v) is 2.77. The minimum atomic E-state index is -0.223. The van der Waals surface area contributed by atoms with Crippen LogP contribution in [0.5, 0.6) is 0 Å². The number of fused-ring (bicyclic) bond motifs is 1. The zero-order chi connectivity index (χ0) is 16.6. The van der Waals surface area contributed by atoms with Gasteiger partial charge in [0.05, 0.1) is 16.8 Å². The highest BCUT2D eigenvalue weighted by Crippen LogP contribution is 2.23. The zero-order valence-electron chi connectivity index (χ0n) is 12.9. The molecule has 2 heterocycles. The second-order valence-corrected chi connectivity index (χ2v) is 6.32. The first-order valence-electron chi connectivity index (χ1n) is 7.28. The summed E-state index contributed by atoms with van der Waals surface area (Å²) in [6.45, 7) is 2.78. The van der Waals surface area contributed by atoms with Crippen LogP contribution < -0.4 is 4.90 Å². The maximum atomic E-state index is 12.3. The van der Waals surface area contributed by atoms with Crippen molar-refractivity contribution >= 4 is 33.6 Å². The molecular weight excluding hydrogens is 358 g/mol. The van der Waals surface area contributed by atoms with E-state index in [2.05, 4.69) is 20.9 Å². The zero-order valence-corrected chi connectivity index (χ0v) is 14.5. The van der Waals surface area contributed by atoms with E-state index in [1.165, 1.54) is 4.90 Å². The normalized spacial score (nSPS) is 13.4. The number of likely N-dealkylation sites (N-methyl/N-ethyl adjacent to an activating group) is 1. The molecule has 0 saturated heterocycles. The fraction of sp³-hybridized carbons (Fsp3) is 0.235. The number of amides is 2. The number of rotatable bonds is 4. The number of benzene rings is 1. The summed E-state index contributed by atoms with van der Waals surface area (Å²) in [5.74, 6) is 0.361. The Labute approximate surface area is 143 Å². The number of halogens is 1. The van der Waals surface area contributed by atoms with Crippen molar-refractivity contribution < 1.29 is 9.59 Å². The van der Waals surface area contributed by atoms with E-state index in [-0.39, 0.29) is 11.8 Å². The Morgan fingerprint density at radius 3 is 2.26 bits per heavy atom. The van der Waals surface area contributed by atoms with E-state index in [0.29, 0.717) is 24.2 Å². The molecule has 0 radical (unpaired) electrons. The fourth-order valence-electron chi connectivity index (χ4n) is 2.55. The van der Waals surface area contributed by atoms with Gasteiger partial charge >= 0.3 is 0 Å². The van der Waals surface area contributed by atoms with E-state index < -0.39 is 0 Å². The van der Waals surface area contributed by atoms with Crippen LogP contribution in [0.4, 0.5) is 5.82 Å². The lowest BCUT2D eigenvalue weighted by molar-refractivity contribution is 0.0658. The van der Waals surface area contributed by atoms with Crippen molar-refractivity contribution in [1.29, 1.82) is 0 Å². The molecule has 0 atom stereocenters. The van der Waals surface area contributed by atoms with Crippen molar-refractivity contribution in [2.24, 2.45) is 0 Å². The number of imide groups is 1. The van der Waals surface area contributed by atoms with Gasteiger partial charge in [-0.1, -0.05) is 12.1 Å². The molecule has 5 nitrogen and oxygen atoms in total. The summed E-state index contributed by atoms with van der Waals surface area (Å²) in [5, 5.41) is 0. The van der Waals surface area contributed by atoms with Crippen molar-refractivity contribution in [2.45, 2.75) is 6.92 Å². The second-order valence-electron chi connectivity index (χ2n) is 5.47. The van der Waals surface area contributed by atoms with E-state index in [1.807, 2.05) is 31.0 Å². The van der Waals surface area contributed by atoms with Crippen molar-refractivity contribution in [1.82, 2.24) is 9.88 Å². The number of aryl methyl sites for hydroxylation is 1. The number of hydrogen-bond acceptors (Lipinski definition) is 4. The van der Waals surface area contributed by atoms with E-state index in [1.54, 1.807) is 24.3 Å². The third-order valence-corrected chi connectivity index (χ3v) is 4.77. The van der Waals surface area contributed by atoms with Crippen LogP contribution in [0.25, 0.3) is 0 Å². The van der Waals surface area contributed by atoms with Crippen LogP contribution >= 0.6 is 15.9 Å². The molecule has 6 heteroatoms. The standard InChI is InChI=1S/C17H16BrN3O2/c1-11-14(18)7-8-15(19-11)20(2)9-10-21-16(22)12-5-3-4-6-13(12)17(21)23/h3-8H,9-10H2,1-2H3. The molecule has 0 spiro atoms. The van der Waals surface area contributed by atoms with Crippen LogP contribution in [0.2, 0.25) is 0 Å². The Balaban J connectivity index is 1.70. The first-order valence-corrected chi connectivity index (χ1v) is 8.08. The van der Waals surface area contributed by atoms with Gasteiger partial charge in [-0.2, -0.15) is 0 Å². The molecule has 0 saturated carbocycles. The number of anilines is 1. The molecule has 0 fully saturated rings. The first-order chi connectivity index (χ1) is 11.0. The number of nitrogens with zero attached hydrogens (tertiary/aromatic N) is 3. The molecule has 1 aliphatic heterocycles. The molecule has 1 aliphatic rings. The second kappa shape index (κ2) is 6.12. The summed E-state index contributed by atoms with van der Waals surface area (Å²) in [6, 6.07) is 10.8. The van der Waals surface area contributed by atoms with Gasteiger partial charge in [-0.3, -0.25) is 14.5 Å². The van der Waals surface area contributed by atoms with Gasteiger partial charge in [0.25, 0.3) is 11.8 Å². The lowest BCUT2D eigenvalue weighted by Gasteiger charge is -2.22. The molecule has 2 aromatic rings. The summed E-state index contributed by atoms with van der Waals surface area (Å²) >= 11 is 3.43.